The third-order valence-electron chi connectivity index (χ3n) is 4.40. The third kappa shape index (κ3) is 3.89. The van der Waals surface area contributed by atoms with Crippen molar-refractivity contribution in [2.75, 3.05) is 13.1 Å². The molecule has 2 heterocycles. The van der Waals surface area contributed by atoms with Crippen LogP contribution in [0.5, 0.6) is 0 Å². The quantitative estimate of drug-likeness (QED) is 0.833. The highest BCUT2D eigenvalue weighted by molar-refractivity contribution is 5.71. The topological polar surface area (TPSA) is 55.3 Å². The van der Waals surface area contributed by atoms with E-state index < -0.39 is 5.60 Å². The molecule has 1 fully saturated rings. The van der Waals surface area contributed by atoms with Gasteiger partial charge in [-0.25, -0.2) is 14.8 Å². The Balaban J connectivity index is 1.61. The zero-order valence-corrected chi connectivity index (χ0v) is 14.2. The molecule has 1 aliphatic heterocycles. The number of hydrogen-bond acceptors (Lipinski definition) is 4. The van der Waals surface area contributed by atoms with E-state index in [2.05, 4.69) is 9.97 Å². The summed E-state index contributed by atoms with van der Waals surface area (Å²) in [4.78, 5) is 22.8. The molecule has 5 heteroatoms. The van der Waals surface area contributed by atoms with Crippen LogP contribution < -0.4 is 0 Å². The van der Waals surface area contributed by atoms with Gasteiger partial charge in [0.25, 0.3) is 0 Å². The largest absolute Gasteiger partial charge is 0.444 e. The number of carbonyl (C=O) groups is 1. The molecular weight excluding hydrogens is 290 g/mol. The monoisotopic (exact) mass is 315 g/mol. The number of nitrogens with zero attached hydrogens (tertiary/aromatic N) is 3. The van der Waals surface area contributed by atoms with Crippen LogP contribution in [0, 0.1) is 0 Å². The van der Waals surface area contributed by atoms with E-state index >= 15 is 0 Å². The van der Waals surface area contributed by atoms with Crippen LogP contribution in [0.3, 0.4) is 0 Å². The second kappa shape index (κ2) is 6.30. The minimum atomic E-state index is -0.457. The number of aromatic nitrogens is 2. The first-order valence-electron chi connectivity index (χ1n) is 8.42. The zero-order chi connectivity index (χ0) is 16.4. The van der Waals surface area contributed by atoms with Crippen molar-refractivity contribution in [2.45, 2.75) is 58.0 Å². The Morgan fingerprint density at radius 3 is 2.43 bits per heavy atom. The van der Waals surface area contributed by atoms with E-state index in [1.54, 1.807) is 4.90 Å². The molecule has 0 radical (unpaired) electrons. The second-order valence-corrected chi connectivity index (χ2v) is 7.37. The highest BCUT2D eigenvalue weighted by Crippen LogP contribution is 2.35. The molecule has 1 amide bonds. The van der Waals surface area contributed by atoms with Crippen LogP contribution in [0.2, 0.25) is 0 Å². The predicted octanol–water partition coefficient (Wildman–Crippen LogP) is 3.77. The van der Waals surface area contributed by atoms with E-state index in [0.717, 1.165) is 17.8 Å². The number of hydrogen-bond donors (Lipinski definition) is 0. The molecular formula is C18H25N3O2. The standard InChI is InChI=1S/C18H25N3O2/c1-18(2,3)23-17(22)21-9-7-14(8-10-21)16-19-11-15(12-20-16)13-5-4-6-13/h7,11-13H,4-6,8-10H2,1-3H3. The lowest BCUT2D eigenvalue weighted by atomic mass is 9.81. The molecule has 1 saturated carbocycles. The van der Waals surface area contributed by atoms with Crippen LogP contribution >= 0.6 is 0 Å². The Bertz CT molecular complexity index is 598. The fraction of sp³-hybridized carbons (Fsp3) is 0.611. The molecule has 1 aromatic heterocycles. The fourth-order valence-corrected chi connectivity index (χ4v) is 2.82. The van der Waals surface area contributed by atoms with Gasteiger partial charge in [-0.2, -0.15) is 0 Å². The van der Waals surface area contributed by atoms with Gasteiger partial charge in [0.2, 0.25) is 0 Å². The predicted molar refractivity (Wildman–Crippen MR) is 89.0 cm³/mol. The minimum Gasteiger partial charge on any atom is -0.444 e. The highest BCUT2D eigenvalue weighted by Gasteiger charge is 2.25. The van der Waals surface area contributed by atoms with Gasteiger partial charge in [0.1, 0.15) is 5.60 Å². The number of carbonyl (C=O) groups excluding carboxylic acids is 1. The molecule has 0 aromatic carbocycles. The molecule has 3 rings (SSSR count). The van der Waals surface area contributed by atoms with Crippen molar-refractivity contribution in [1.29, 1.82) is 0 Å². The Hall–Kier alpha value is -1.91. The van der Waals surface area contributed by atoms with Gasteiger partial charge in [-0.1, -0.05) is 12.5 Å². The Labute approximate surface area is 137 Å². The van der Waals surface area contributed by atoms with E-state index in [1.165, 1.54) is 24.8 Å². The molecule has 0 bridgehead atoms. The Morgan fingerprint density at radius 2 is 1.96 bits per heavy atom. The minimum absolute atomic E-state index is 0.256. The summed E-state index contributed by atoms with van der Waals surface area (Å²) in [6.45, 7) is 6.85. The summed E-state index contributed by atoms with van der Waals surface area (Å²) in [5.41, 5.74) is 1.92. The van der Waals surface area contributed by atoms with Crippen molar-refractivity contribution in [1.82, 2.24) is 14.9 Å². The molecule has 0 N–H and O–H groups in total. The summed E-state index contributed by atoms with van der Waals surface area (Å²) >= 11 is 0. The van der Waals surface area contributed by atoms with Crippen molar-refractivity contribution >= 4 is 11.7 Å². The van der Waals surface area contributed by atoms with Crippen molar-refractivity contribution < 1.29 is 9.53 Å². The first-order chi connectivity index (χ1) is 10.9. The van der Waals surface area contributed by atoms with Crippen molar-refractivity contribution in [3.05, 3.63) is 29.9 Å². The molecule has 0 saturated heterocycles. The van der Waals surface area contributed by atoms with E-state index in [1.807, 2.05) is 39.2 Å². The SMILES string of the molecule is CC(C)(C)OC(=O)N1CC=C(c2ncc(C3CCC3)cn2)CC1. The maximum Gasteiger partial charge on any atom is 0.410 e. The van der Waals surface area contributed by atoms with Crippen LogP contribution in [0.25, 0.3) is 5.57 Å². The maximum atomic E-state index is 12.1. The second-order valence-electron chi connectivity index (χ2n) is 7.37. The van der Waals surface area contributed by atoms with Crippen molar-refractivity contribution in [3.63, 3.8) is 0 Å². The third-order valence-corrected chi connectivity index (χ3v) is 4.40. The number of rotatable bonds is 2. The smallest absolute Gasteiger partial charge is 0.410 e. The van der Waals surface area contributed by atoms with Gasteiger partial charge in [0, 0.05) is 25.5 Å². The first-order valence-corrected chi connectivity index (χ1v) is 8.42. The number of amides is 1. The summed E-state index contributed by atoms with van der Waals surface area (Å²) < 4.78 is 5.41. The summed E-state index contributed by atoms with van der Waals surface area (Å²) in [5, 5.41) is 0. The lowest BCUT2D eigenvalue weighted by Crippen LogP contribution is -2.39. The van der Waals surface area contributed by atoms with Gasteiger partial charge >= 0.3 is 6.09 Å². The van der Waals surface area contributed by atoms with Gasteiger partial charge in [0.15, 0.2) is 5.82 Å². The molecule has 23 heavy (non-hydrogen) atoms. The van der Waals surface area contributed by atoms with Gasteiger partial charge < -0.3 is 9.64 Å². The molecule has 0 spiro atoms. The molecule has 0 atom stereocenters. The summed E-state index contributed by atoms with van der Waals surface area (Å²) in [6.07, 6.45) is 10.3. The highest BCUT2D eigenvalue weighted by atomic mass is 16.6. The van der Waals surface area contributed by atoms with Crippen molar-refractivity contribution in [3.8, 4) is 0 Å². The Kier molecular flexibility index (Phi) is 4.37. The molecule has 2 aliphatic rings. The maximum absolute atomic E-state index is 12.1. The average Bonchev–Trinajstić information content (AvgIpc) is 2.45. The molecule has 5 nitrogen and oxygen atoms in total. The van der Waals surface area contributed by atoms with E-state index in [0.29, 0.717) is 19.0 Å². The first kappa shape index (κ1) is 16.0. The molecule has 0 unspecified atom stereocenters. The van der Waals surface area contributed by atoms with Gasteiger partial charge in [-0.3, -0.25) is 0 Å². The van der Waals surface area contributed by atoms with Crippen LogP contribution in [-0.4, -0.2) is 39.7 Å². The summed E-state index contributed by atoms with van der Waals surface area (Å²) in [6, 6.07) is 0. The van der Waals surface area contributed by atoms with Gasteiger partial charge in [0.05, 0.1) is 0 Å². The van der Waals surface area contributed by atoms with Crippen molar-refractivity contribution in [2.24, 2.45) is 0 Å². The van der Waals surface area contributed by atoms with E-state index in [4.69, 9.17) is 4.74 Å². The molecule has 1 aliphatic carbocycles. The lowest BCUT2D eigenvalue weighted by molar-refractivity contribution is 0.0270. The van der Waals surface area contributed by atoms with E-state index in [9.17, 15) is 4.79 Å². The van der Waals surface area contributed by atoms with Gasteiger partial charge in [-0.15, -0.1) is 0 Å². The normalized spacial score (nSPS) is 19.1. The zero-order valence-electron chi connectivity index (χ0n) is 14.2. The van der Waals surface area contributed by atoms with Crippen LogP contribution in [0.15, 0.2) is 18.5 Å². The Morgan fingerprint density at radius 1 is 1.26 bits per heavy atom. The molecule has 1 aromatic rings. The van der Waals surface area contributed by atoms with Gasteiger partial charge in [-0.05, 0) is 57.1 Å². The van der Waals surface area contributed by atoms with Crippen LogP contribution in [0.1, 0.15) is 63.8 Å². The van der Waals surface area contributed by atoms with E-state index in [-0.39, 0.29) is 6.09 Å². The number of ether oxygens (including phenoxy) is 1. The van der Waals surface area contributed by atoms with Crippen LogP contribution in [-0.2, 0) is 4.74 Å². The fourth-order valence-electron chi connectivity index (χ4n) is 2.82. The summed E-state index contributed by atoms with van der Waals surface area (Å²) in [5.74, 6) is 1.45. The summed E-state index contributed by atoms with van der Waals surface area (Å²) in [7, 11) is 0. The van der Waals surface area contributed by atoms with Crippen LogP contribution in [0.4, 0.5) is 4.79 Å². The lowest BCUT2D eigenvalue weighted by Gasteiger charge is -2.29. The average molecular weight is 315 g/mol. The molecule has 124 valence electrons.